The molecule has 0 aromatic heterocycles. The Labute approximate surface area is 149 Å². The maximum atomic E-state index is 13.7. The van der Waals surface area contributed by atoms with Gasteiger partial charge in [0.05, 0.1) is 0 Å². The zero-order valence-electron chi connectivity index (χ0n) is 14.3. The molecule has 8 heteroatoms. The Morgan fingerprint density at radius 3 is 2.54 bits per heavy atom. The van der Waals surface area contributed by atoms with Crippen LogP contribution in [0.15, 0.2) is 12.1 Å². The van der Waals surface area contributed by atoms with Crippen molar-refractivity contribution in [2.24, 2.45) is 11.7 Å². The highest BCUT2D eigenvalue weighted by Crippen LogP contribution is 2.29. The molecule has 1 saturated heterocycles. The Kier molecular flexibility index (Phi) is 5.50. The summed E-state index contributed by atoms with van der Waals surface area (Å²) in [7, 11) is 0. The second-order valence-electron chi connectivity index (χ2n) is 7.13. The highest BCUT2D eigenvalue weighted by Gasteiger charge is 2.34. The molecule has 5 nitrogen and oxygen atoms in total. The minimum Gasteiger partial charge on any atom is -0.351 e. The van der Waals surface area contributed by atoms with Crippen molar-refractivity contribution >= 4 is 11.8 Å². The third-order valence-electron chi connectivity index (χ3n) is 4.84. The lowest BCUT2D eigenvalue weighted by atomic mass is 10.0. The monoisotopic (exact) mass is 369 g/mol. The van der Waals surface area contributed by atoms with Gasteiger partial charge in [0.15, 0.2) is 11.6 Å². The van der Waals surface area contributed by atoms with Crippen LogP contribution >= 0.6 is 0 Å². The van der Waals surface area contributed by atoms with Gasteiger partial charge in [0.1, 0.15) is 5.82 Å². The van der Waals surface area contributed by atoms with E-state index in [1.54, 1.807) is 4.90 Å². The van der Waals surface area contributed by atoms with E-state index in [-0.39, 0.29) is 42.2 Å². The third kappa shape index (κ3) is 4.55. The van der Waals surface area contributed by atoms with Crippen LogP contribution in [0.1, 0.15) is 31.2 Å². The second kappa shape index (κ2) is 7.65. The van der Waals surface area contributed by atoms with Gasteiger partial charge in [-0.05, 0) is 37.3 Å². The number of rotatable bonds is 6. The Morgan fingerprint density at radius 1 is 1.15 bits per heavy atom. The van der Waals surface area contributed by atoms with Crippen LogP contribution in [0.3, 0.4) is 0 Å². The van der Waals surface area contributed by atoms with Gasteiger partial charge in [0.25, 0.3) is 0 Å². The predicted molar refractivity (Wildman–Crippen MR) is 88.5 cm³/mol. The number of nitrogens with two attached hydrogens (primary N) is 1. The standard InChI is InChI=1S/C18H22F3N3O2/c19-14-8-16(21)15(20)6-11(14)5-12(22)7-17(25)24-4-3-13(9-24)23-18(26)10-1-2-10/h6,8,10,12-13H,1-5,7,9,22H2,(H,23,26)/t12-,13+/m1/s1. The minimum absolute atomic E-state index is 0.0261. The van der Waals surface area contributed by atoms with Crippen molar-refractivity contribution in [1.29, 1.82) is 0 Å². The molecule has 3 N–H and O–H groups in total. The summed E-state index contributed by atoms with van der Waals surface area (Å²) in [5, 5.41) is 2.95. The van der Waals surface area contributed by atoms with E-state index < -0.39 is 23.5 Å². The summed E-state index contributed by atoms with van der Waals surface area (Å²) in [5.41, 5.74) is 5.84. The number of halogens is 3. The zero-order chi connectivity index (χ0) is 18.8. The number of hydrogen-bond donors (Lipinski definition) is 2. The lowest BCUT2D eigenvalue weighted by Gasteiger charge is -2.20. The number of nitrogens with one attached hydrogen (secondary N) is 1. The van der Waals surface area contributed by atoms with Gasteiger partial charge >= 0.3 is 0 Å². The molecule has 0 bridgehead atoms. The molecule has 1 aromatic rings. The lowest BCUT2D eigenvalue weighted by Crippen LogP contribution is -2.40. The molecule has 26 heavy (non-hydrogen) atoms. The van der Waals surface area contributed by atoms with Crippen molar-refractivity contribution in [1.82, 2.24) is 10.2 Å². The van der Waals surface area contributed by atoms with Crippen molar-refractivity contribution in [3.05, 3.63) is 35.1 Å². The molecule has 2 amide bonds. The van der Waals surface area contributed by atoms with Gasteiger partial charge in [0, 0.05) is 43.6 Å². The molecular formula is C18H22F3N3O2. The SMILES string of the molecule is N[C@@H](CC(=O)N1CC[C@H](NC(=O)C2CC2)C1)Cc1cc(F)c(F)cc1F. The molecule has 2 atom stereocenters. The van der Waals surface area contributed by atoms with E-state index in [0.717, 1.165) is 18.9 Å². The van der Waals surface area contributed by atoms with Crippen LogP contribution in [0, 0.1) is 23.4 Å². The number of carbonyl (C=O) groups excluding carboxylic acids is 2. The van der Waals surface area contributed by atoms with Crippen LogP contribution in [0.25, 0.3) is 0 Å². The summed E-state index contributed by atoms with van der Waals surface area (Å²) < 4.78 is 39.9. The first kappa shape index (κ1) is 18.7. The van der Waals surface area contributed by atoms with Gasteiger partial charge in [-0.15, -0.1) is 0 Å². The third-order valence-corrected chi connectivity index (χ3v) is 4.84. The summed E-state index contributed by atoms with van der Waals surface area (Å²) in [6.07, 6.45) is 2.45. The minimum atomic E-state index is -1.26. The molecule has 2 fully saturated rings. The first-order valence-electron chi connectivity index (χ1n) is 8.80. The van der Waals surface area contributed by atoms with Crippen molar-refractivity contribution in [2.45, 2.75) is 44.2 Å². The largest absolute Gasteiger partial charge is 0.351 e. The Bertz CT molecular complexity index is 709. The lowest BCUT2D eigenvalue weighted by molar-refractivity contribution is -0.131. The zero-order valence-corrected chi connectivity index (χ0v) is 14.3. The van der Waals surface area contributed by atoms with Crippen molar-refractivity contribution < 1.29 is 22.8 Å². The molecule has 0 unspecified atom stereocenters. The first-order chi connectivity index (χ1) is 12.3. The Hall–Kier alpha value is -2.09. The number of nitrogens with zero attached hydrogens (tertiary/aromatic N) is 1. The number of hydrogen-bond acceptors (Lipinski definition) is 3. The fourth-order valence-electron chi connectivity index (χ4n) is 3.20. The fraction of sp³-hybridized carbons (Fsp3) is 0.556. The molecule has 0 radical (unpaired) electrons. The summed E-state index contributed by atoms with van der Waals surface area (Å²) in [6, 6.07) is 0.495. The van der Waals surface area contributed by atoms with Gasteiger partial charge in [-0.3, -0.25) is 9.59 Å². The molecule has 3 rings (SSSR count). The molecule has 1 aliphatic heterocycles. The fourth-order valence-corrected chi connectivity index (χ4v) is 3.20. The van der Waals surface area contributed by atoms with Crippen LogP contribution < -0.4 is 11.1 Å². The van der Waals surface area contributed by atoms with Crippen molar-refractivity contribution in [2.75, 3.05) is 13.1 Å². The van der Waals surface area contributed by atoms with Crippen LogP contribution in [-0.2, 0) is 16.0 Å². The number of benzene rings is 1. The quantitative estimate of drug-likeness (QED) is 0.746. The van der Waals surface area contributed by atoms with E-state index >= 15 is 0 Å². The molecule has 1 aliphatic carbocycles. The normalized spacial score (nSPS) is 20.9. The van der Waals surface area contributed by atoms with E-state index in [9.17, 15) is 22.8 Å². The summed E-state index contributed by atoms with van der Waals surface area (Å²) in [5.74, 6) is -3.30. The second-order valence-corrected chi connectivity index (χ2v) is 7.13. The van der Waals surface area contributed by atoms with Gasteiger partial charge in [-0.2, -0.15) is 0 Å². The van der Waals surface area contributed by atoms with E-state index in [2.05, 4.69) is 5.32 Å². The maximum absolute atomic E-state index is 13.7. The number of carbonyl (C=O) groups is 2. The van der Waals surface area contributed by atoms with Crippen LogP contribution in [0.5, 0.6) is 0 Å². The highest BCUT2D eigenvalue weighted by molar-refractivity contribution is 5.81. The molecule has 0 spiro atoms. The van der Waals surface area contributed by atoms with Crippen molar-refractivity contribution in [3.63, 3.8) is 0 Å². The molecule has 2 aliphatic rings. The Morgan fingerprint density at radius 2 is 1.85 bits per heavy atom. The maximum Gasteiger partial charge on any atom is 0.224 e. The number of likely N-dealkylation sites (tertiary alicyclic amines) is 1. The van der Waals surface area contributed by atoms with Gasteiger partial charge < -0.3 is 16.0 Å². The highest BCUT2D eigenvalue weighted by atomic mass is 19.2. The molecule has 1 aromatic carbocycles. The Balaban J connectivity index is 1.48. The molecule has 1 saturated carbocycles. The van der Waals surface area contributed by atoms with Gasteiger partial charge in [-0.25, -0.2) is 13.2 Å². The van der Waals surface area contributed by atoms with E-state index in [1.165, 1.54) is 0 Å². The predicted octanol–water partition coefficient (Wildman–Crippen LogP) is 1.49. The van der Waals surface area contributed by atoms with Crippen LogP contribution in [-0.4, -0.2) is 41.9 Å². The smallest absolute Gasteiger partial charge is 0.224 e. The van der Waals surface area contributed by atoms with E-state index in [4.69, 9.17) is 5.73 Å². The van der Waals surface area contributed by atoms with Crippen LogP contribution in [0.2, 0.25) is 0 Å². The first-order valence-corrected chi connectivity index (χ1v) is 8.80. The summed E-state index contributed by atoms with van der Waals surface area (Å²) in [6.45, 7) is 0.963. The average Bonchev–Trinajstić information content (AvgIpc) is 3.32. The average molecular weight is 369 g/mol. The number of amides is 2. The molecular weight excluding hydrogens is 347 g/mol. The van der Waals surface area contributed by atoms with Crippen LogP contribution in [0.4, 0.5) is 13.2 Å². The van der Waals surface area contributed by atoms with Gasteiger partial charge in [0.2, 0.25) is 11.8 Å². The van der Waals surface area contributed by atoms with E-state index in [0.29, 0.717) is 25.6 Å². The molecule has 1 heterocycles. The van der Waals surface area contributed by atoms with Crippen molar-refractivity contribution in [3.8, 4) is 0 Å². The van der Waals surface area contributed by atoms with Gasteiger partial charge in [-0.1, -0.05) is 0 Å². The molecule has 142 valence electrons. The summed E-state index contributed by atoms with van der Waals surface area (Å²) >= 11 is 0. The van der Waals surface area contributed by atoms with E-state index in [1.807, 2.05) is 0 Å². The summed E-state index contributed by atoms with van der Waals surface area (Å²) in [4.78, 5) is 25.7. The topological polar surface area (TPSA) is 75.4 Å².